The van der Waals surface area contributed by atoms with Crippen molar-refractivity contribution >= 4 is 38.5 Å². The van der Waals surface area contributed by atoms with E-state index in [0.717, 1.165) is 33.3 Å². The number of hydrogen-bond acceptors (Lipinski definition) is 4. The topological polar surface area (TPSA) is 43.7 Å². The number of benzene rings is 2. The van der Waals surface area contributed by atoms with Gasteiger partial charge in [0.1, 0.15) is 11.6 Å². The van der Waals surface area contributed by atoms with E-state index in [4.69, 9.17) is 9.47 Å². The third-order valence-electron chi connectivity index (χ3n) is 5.05. The van der Waals surface area contributed by atoms with Crippen LogP contribution < -0.4 is 9.64 Å². The lowest BCUT2D eigenvalue weighted by Gasteiger charge is -2.31. The molecule has 1 aromatic heterocycles. The maximum Gasteiger partial charge on any atom is 0.340 e. The molecule has 0 aliphatic carbocycles. The highest BCUT2D eigenvalue weighted by atomic mass is 79.9. The fourth-order valence-electron chi connectivity index (χ4n) is 3.76. The van der Waals surface area contributed by atoms with Crippen LogP contribution in [0, 0.1) is 5.82 Å². The predicted molar refractivity (Wildman–Crippen MR) is 110 cm³/mol. The monoisotopic (exact) mass is 446 g/mol. The van der Waals surface area contributed by atoms with Crippen molar-refractivity contribution in [3.8, 4) is 5.75 Å². The van der Waals surface area contributed by atoms with Gasteiger partial charge in [-0.3, -0.25) is 0 Å². The SMILES string of the molecule is CCOC(=O)c1c2n(c3cc(Br)c(OC)cc13)CCN(c1ccc(F)cc1)C2. The summed E-state index contributed by atoms with van der Waals surface area (Å²) >= 11 is 3.54. The van der Waals surface area contributed by atoms with Gasteiger partial charge < -0.3 is 18.9 Å². The maximum atomic E-state index is 13.3. The second-order valence-corrected chi connectivity index (χ2v) is 7.45. The molecule has 2 aromatic carbocycles. The number of anilines is 1. The second kappa shape index (κ2) is 7.47. The van der Waals surface area contributed by atoms with Gasteiger partial charge >= 0.3 is 5.97 Å². The zero-order valence-electron chi connectivity index (χ0n) is 15.7. The van der Waals surface area contributed by atoms with Crippen molar-refractivity contribution < 1.29 is 18.7 Å². The molecule has 0 bridgehead atoms. The molecule has 1 aliphatic rings. The zero-order chi connectivity index (χ0) is 19.8. The molecule has 146 valence electrons. The number of nitrogens with zero attached hydrogens (tertiary/aromatic N) is 2. The van der Waals surface area contributed by atoms with Crippen LogP contribution in [-0.2, 0) is 17.8 Å². The quantitative estimate of drug-likeness (QED) is 0.542. The zero-order valence-corrected chi connectivity index (χ0v) is 17.3. The molecule has 0 saturated heterocycles. The van der Waals surface area contributed by atoms with Crippen molar-refractivity contribution in [2.24, 2.45) is 0 Å². The molecule has 0 amide bonds. The summed E-state index contributed by atoms with van der Waals surface area (Å²) < 4.78 is 27.1. The van der Waals surface area contributed by atoms with Gasteiger partial charge in [0, 0.05) is 24.2 Å². The number of hydrogen-bond donors (Lipinski definition) is 0. The molecular formula is C21H20BrFN2O3. The van der Waals surface area contributed by atoms with Crippen molar-refractivity contribution in [2.45, 2.75) is 20.0 Å². The minimum atomic E-state index is -0.341. The number of carbonyl (C=O) groups is 1. The Hall–Kier alpha value is -2.54. The summed E-state index contributed by atoms with van der Waals surface area (Å²) in [5.74, 6) is 0.0574. The molecule has 28 heavy (non-hydrogen) atoms. The smallest absolute Gasteiger partial charge is 0.340 e. The Bertz CT molecular complexity index is 1050. The lowest BCUT2D eigenvalue weighted by molar-refractivity contribution is 0.0527. The highest BCUT2D eigenvalue weighted by Gasteiger charge is 2.29. The van der Waals surface area contributed by atoms with Gasteiger partial charge in [-0.1, -0.05) is 0 Å². The van der Waals surface area contributed by atoms with E-state index in [-0.39, 0.29) is 11.8 Å². The van der Waals surface area contributed by atoms with E-state index in [0.29, 0.717) is 31.0 Å². The lowest BCUT2D eigenvalue weighted by Crippen LogP contribution is -2.34. The van der Waals surface area contributed by atoms with Gasteiger partial charge in [0.2, 0.25) is 0 Å². The van der Waals surface area contributed by atoms with Crippen molar-refractivity contribution in [3.05, 3.63) is 57.9 Å². The van der Waals surface area contributed by atoms with E-state index in [9.17, 15) is 9.18 Å². The summed E-state index contributed by atoms with van der Waals surface area (Å²) in [6, 6.07) is 10.3. The Morgan fingerprint density at radius 3 is 2.64 bits per heavy atom. The average molecular weight is 447 g/mol. The number of ether oxygens (including phenoxy) is 2. The Balaban J connectivity index is 1.86. The van der Waals surface area contributed by atoms with Crippen molar-refractivity contribution in [3.63, 3.8) is 0 Å². The van der Waals surface area contributed by atoms with E-state index in [1.54, 1.807) is 26.2 Å². The minimum absolute atomic E-state index is 0.265. The van der Waals surface area contributed by atoms with Crippen LogP contribution in [0.1, 0.15) is 23.0 Å². The third kappa shape index (κ3) is 3.13. The standard InChI is InChI=1S/C21H20BrFN2O3/c1-3-28-21(26)20-15-10-19(27-2)16(22)11-17(15)25-9-8-24(12-18(20)25)14-6-4-13(23)5-7-14/h4-7,10-11H,3,8-9,12H2,1-2H3. The van der Waals surface area contributed by atoms with E-state index in [1.165, 1.54) is 12.1 Å². The van der Waals surface area contributed by atoms with Crippen LogP contribution in [-0.4, -0.2) is 30.8 Å². The van der Waals surface area contributed by atoms with Gasteiger partial charge in [-0.05, 0) is 59.3 Å². The van der Waals surface area contributed by atoms with Gasteiger partial charge in [0.15, 0.2) is 0 Å². The van der Waals surface area contributed by atoms with Crippen LogP contribution >= 0.6 is 15.9 Å². The summed E-state index contributed by atoms with van der Waals surface area (Å²) in [6.45, 7) is 4.11. The summed E-state index contributed by atoms with van der Waals surface area (Å²) in [4.78, 5) is 14.9. The number of fused-ring (bicyclic) bond motifs is 3. The summed E-state index contributed by atoms with van der Waals surface area (Å²) in [7, 11) is 1.60. The van der Waals surface area contributed by atoms with Crippen molar-refractivity contribution in [1.29, 1.82) is 0 Å². The Morgan fingerprint density at radius 2 is 1.96 bits per heavy atom. The van der Waals surface area contributed by atoms with Crippen LogP contribution in [0.5, 0.6) is 5.75 Å². The molecule has 0 radical (unpaired) electrons. The fourth-order valence-corrected chi connectivity index (χ4v) is 4.26. The van der Waals surface area contributed by atoms with Crippen molar-refractivity contribution in [1.82, 2.24) is 4.57 Å². The molecule has 0 spiro atoms. The number of aromatic nitrogens is 1. The largest absolute Gasteiger partial charge is 0.496 e. The van der Waals surface area contributed by atoms with Crippen LogP contribution in [0.15, 0.2) is 40.9 Å². The molecule has 3 aromatic rings. The third-order valence-corrected chi connectivity index (χ3v) is 5.67. The van der Waals surface area contributed by atoms with Gasteiger partial charge in [-0.25, -0.2) is 9.18 Å². The first-order valence-electron chi connectivity index (χ1n) is 9.09. The van der Waals surface area contributed by atoms with Crippen LogP contribution in [0.3, 0.4) is 0 Å². The second-order valence-electron chi connectivity index (χ2n) is 6.60. The highest BCUT2D eigenvalue weighted by Crippen LogP contribution is 2.37. The van der Waals surface area contributed by atoms with Gasteiger partial charge in [-0.15, -0.1) is 0 Å². The molecule has 7 heteroatoms. The summed E-state index contributed by atoms with van der Waals surface area (Å²) in [6.07, 6.45) is 0. The summed E-state index contributed by atoms with van der Waals surface area (Å²) in [5, 5.41) is 0.814. The number of esters is 1. The molecule has 2 heterocycles. The number of carbonyl (C=O) groups excluding carboxylic acids is 1. The predicted octanol–water partition coefficient (Wildman–Crippen LogP) is 4.75. The van der Waals surface area contributed by atoms with Gasteiger partial charge in [0.05, 0.1) is 41.5 Å². The first-order chi connectivity index (χ1) is 13.5. The lowest BCUT2D eigenvalue weighted by atomic mass is 10.1. The van der Waals surface area contributed by atoms with E-state index in [2.05, 4.69) is 25.4 Å². The minimum Gasteiger partial charge on any atom is -0.496 e. The van der Waals surface area contributed by atoms with Crippen LogP contribution in [0.4, 0.5) is 10.1 Å². The van der Waals surface area contributed by atoms with E-state index >= 15 is 0 Å². The van der Waals surface area contributed by atoms with Crippen LogP contribution in [0.25, 0.3) is 10.9 Å². The summed E-state index contributed by atoms with van der Waals surface area (Å²) in [5.41, 5.74) is 3.34. The average Bonchev–Trinajstić information content (AvgIpc) is 3.00. The first kappa shape index (κ1) is 18.8. The first-order valence-corrected chi connectivity index (χ1v) is 9.89. The number of rotatable bonds is 4. The van der Waals surface area contributed by atoms with E-state index in [1.807, 2.05) is 12.1 Å². The van der Waals surface area contributed by atoms with Crippen LogP contribution in [0.2, 0.25) is 0 Å². The number of halogens is 2. The number of methoxy groups -OCH3 is 1. The Kier molecular flexibility index (Phi) is 5.02. The Morgan fingerprint density at radius 1 is 1.21 bits per heavy atom. The van der Waals surface area contributed by atoms with E-state index < -0.39 is 0 Å². The molecule has 0 unspecified atom stereocenters. The molecule has 0 atom stereocenters. The molecule has 0 saturated carbocycles. The molecule has 0 N–H and O–H groups in total. The normalized spacial score (nSPS) is 13.5. The molecular weight excluding hydrogens is 427 g/mol. The molecule has 5 nitrogen and oxygen atoms in total. The molecule has 1 aliphatic heterocycles. The maximum absolute atomic E-state index is 13.3. The van der Waals surface area contributed by atoms with Crippen molar-refractivity contribution in [2.75, 3.05) is 25.2 Å². The highest BCUT2D eigenvalue weighted by molar-refractivity contribution is 9.10. The Labute approximate surface area is 170 Å². The van der Waals surface area contributed by atoms with Gasteiger partial charge in [-0.2, -0.15) is 0 Å². The molecule has 0 fully saturated rings. The fraction of sp³-hybridized carbons (Fsp3) is 0.286. The van der Waals surface area contributed by atoms with Gasteiger partial charge in [0.25, 0.3) is 0 Å². The molecule has 4 rings (SSSR count).